The van der Waals surface area contributed by atoms with Gasteiger partial charge in [-0.3, -0.25) is 0 Å². The van der Waals surface area contributed by atoms with E-state index in [0.29, 0.717) is 12.5 Å². The van der Waals surface area contributed by atoms with Gasteiger partial charge >= 0.3 is 0 Å². The summed E-state index contributed by atoms with van der Waals surface area (Å²) in [5.41, 5.74) is 8.21. The van der Waals surface area contributed by atoms with Gasteiger partial charge in [0.05, 0.1) is 0 Å². The Kier molecular flexibility index (Phi) is 5.29. The Morgan fingerprint density at radius 3 is 2.69 bits per heavy atom. The third-order valence-electron chi connectivity index (χ3n) is 2.96. The Hall–Kier alpha value is -0.540. The Balaban J connectivity index is 2.85. The van der Waals surface area contributed by atoms with Crippen LogP contribution in [0.2, 0.25) is 0 Å². The van der Waals surface area contributed by atoms with Crippen molar-refractivity contribution in [1.29, 1.82) is 0 Å². The van der Waals surface area contributed by atoms with Crippen molar-refractivity contribution in [1.82, 2.24) is 0 Å². The highest BCUT2D eigenvalue weighted by atomic mass is 79.9. The van der Waals surface area contributed by atoms with Crippen LogP contribution in [0, 0.1) is 5.92 Å². The Morgan fingerprint density at radius 2 is 2.12 bits per heavy atom. The minimum absolute atomic E-state index is 0.583. The maximum absolute atomic E-state index is 5.77. The molecule has 0 aliphatic heterocycles. The number of nitrogens with two attached hydrogens (primary N) is 1. The van der Waals surface area contributed by atoms with Crippen molar-refractivity contribution in [2.75, 3.05) is 18.5 Å². The Morgan fingerprint density at radius 1 is 1.44 bits per heavy atom. The number of hydrogen-bond donors (Lipinski definition) is 1. The molecule has 16 heavy (non-hydrogen) atoms. The van der Waals surface area contributed by atoms with Crippen LogP contribution < -0.4 is 10.6 Å². The lowest BCUT2D eigenvalue weighted by molar-refractivity contribution is 0.559. The molecule has 1 aromatic carbocycles. The quantitative estimate of drug-likeness (QED) is 0.898. The average molecular weight is 285 g/mol. The molecule has 1 rings (SSSR count). The predicted molar refractivity (Wildman–Crippen MR) is 74.8 cm³/mol. The number of hydrogen-bond acceptors (Lipinski definition) is 2. The molecule has 0 aromatic heterocycles. The van der Waals surface area contributed by atoms with Gasteiger partial charge in [-0.1, -0.05) is 36.2 Å². The van der Waals surface area contributed by atoms with Crippen molar-refractivity contribution in [2.24, 2.45) is 11.7 Å². The van der Waals surface area contributed by atoms with E-state index in [1.165, 1.54) is 17.7 Å². The van der Waals surface area contributed by atoms with Gasteiger partial charge < -0.3 is 10.6 Å². The van der Waals surface area contributed by atoms with Gasteiger partial charge in [0.15, 0.2) is 0 Å². The zero-order valence-electron chi connectivity index (χ0n) is 10.3. The molecule has 0 radical (unpaired) electrons. The van der Waals surface area contributed by atoms with Crippen molar-refractivity contribution in [3.8, 4) is 0 Å². The molecule has 0 saturated carbocycles. The molecule has 0 saturated heterocycles. The highest BCUT2D eigenvalue weighted by Crippen LogP contribution is 2.24. The monoisotopic (exact) mass is 284 g/mol. The summed E-state index contributed by atoms with van der Waals surface area (Å²) >= 11 is 3.48. The minimum Gasteiger partial charge on any atom is -0.374 e. The first-order valence-electron chi connectivity index (χ1n) is 5.78. The first kappa shape index (κ1) is 13.5. The molecule has 90 valence electrons. The van der Waals surface area contributed by atoms with Gasteiger partial charge in [0.2, 0.25) is 0 Å². The lowest BCUT2D eigenvalue weighted by Gasteiger charge is -2.25. The lowest BCUT2D eigenvalue weighted by Crippen LogP contribution is -2.25. The lowest BCUT2D eigenvalue weighted by atomic mass is 10.1. The van der Waals surface area contributed by atoms with Crippen molar-refractivity contribution >= 4 is 21.6 Å². The summed E-state index contributed by atoms with van der Waals surface area (Å²) < 4.78 is 1.09. The summed E-state index contributed by atoms with van der Waals surface area (Å²) in [6.45, 7) is 6.16. The molecule has 2 N–H and O–H groups in total. The number of rotatable bonds is 5. The van der Waals surface area contributed by atoms with Crippen molar-refractivity contribution < 1.29 is 0 Å². The van der Waals surface area contributed by atoms with Gasteiger partial charge in [-0.2, -0.15) is 0 Å². The largest absolute Gasteiger partial charge is 0.374 e. The summed E-state index contributed by atoms with van der Waals surface area (Å²) in [7, 11) is 2.13. The second-order valence-electron chi connectivity index (χ2n) is 4.37. The SMILES string of the molecule is CCC(C)CN(C)c1ccc(Br)cc1CN. The molecule has 0 spiro atoms. The smallest absolute Gasteiger partial charge is 0.0410 e. The van der Waals surface area contributed by atoms with Gasteiger partial charge in [0.1, 0.15) is 0 Å². The van der Waals surface area contributed by atoms with Crippen LogP contribution in [0.1, 0.15) is 25.8 Å². The van der Waals surface area contributed by atoms with Gasteiger partial charge in [-0.15, -0.1) is 0 Å². The van der Waals surface area contributed by atoms with E-state index in [2.05, 4.69) is 59.9 Å². The van der Waals surface area contributed by atoms with Crippen LogP contribution in [0.5, 0.6) is 0 Å². The molecule has 0 aliphatic carbocycles. The topological polar surface area (TPSA) is 29.3 Å². The molecule has 0 fully saturated rings. The van der Waals surface area contributed by atoms with Crippen LogP contribution in [0.3, 0.4) is 0 Å². The fourth-order valence-corrected chi connectivity index (χ4v) is 2.19. The second kappa shape index (κ2) is 6.26. The number of halogens is 1. The first-order chi connectivity index (χ1) is 7.58. The summed E-state index contributed by atoms with van der Waals surface area (Å²) in [6, 6.07) is 6.30. The van der Waals surface area contributed by atoms with E-state index in [4.69, 9.17) is 5.73 Å². The summed E-state index contributed by atoms with van der Waals surface area (Å²) in [6.07, 6.45) is 1.21. The first-order valence-corrected chi connectivity index (χ1v) is 6.57. The van der Waals surface area contributed by atoms with E-state index in [-0.39, 0.29) is 0 Å². The normalized spacial score (nSPS) is 12.6. The van der Waals surface area contributed by atoms with Crippen LogP contribution in [0.15, 0.2) is 22.7 Å². The van der Waals surface area contributed by atoms with Crippen molar-refractivity contribution in [3.63, 3.8) is 0 Å². The zero-order chi connectivity index (χ0) is 12.1. The summed E-state index contributed by atoms with van der Waals surface area (Å²) in [5, 5.41) is 0. The van der Waals surface area contributed by atoms with Crippen molar-refractivity contribution in [3.05, 3.63) is 28.2 Å². The second-order valence-corrected chi connectivity index (χ2v) is 5.29. The van der Waals surface area contributed by atoms with Crippen LogP contribution in [0.25, 0.3) is 0 Å². The summed E-state index contributed by atoms with van der Waals surface area (Å²) in [5.74, 6) is 0.708. The number of anilines is 1. The molecule has 2 nitrogen and oxygen atoms in total. The van der Waals surface area contributed by atoms with E-state index in [1.54, 1.807) is 0 Å². The number of nitrogens with zero attached hydrogens (tertiary/aromatic N) is 1. The molecule has 0 aliphatic rings. The predicted octanol–water partition coefficient (Wildman–Crippen LogP) is 3.39. The maximum Gasteiger partial charge on any atom is 0.0410 e. The molecule has 0 bridgehead atoms. The Bertz CT molecular complexity index is 339. The average Bonchev–Trinajstić information content (AvgIpc) is 2.28. The zero-order valence-corrected chi connectivity index (χ0v) is 11.9. The fraction of sp³-hybridized carbons (Fsp3) is 0.538. The molecular weight excluding hydrogens is 264 g/mol. The molecule has 3 heteroatoms. The Labute approximate surface area is 107 Å². The van der Waals surface area contributed by atoms with E-state index in [9.17, 15) is 0 Å². The van der Waals surface area contributed by atoms with Gasteiger partial charge in [0.25, 0.3) is 0 Å². The molecule has 0 heterocycles. The van der Waals surface area contributed by atoms with Gasteiger partial charge in [-0.25, -0.2) is 0 Å². The van der Waals surface area contributed by atoms with Gasteiger partial charge in [-0.05, 0) is 29.7 Å². The van der Waals surface area contributed by atoms with Crippen LogP contribution >= 0.6 is 15.9 Å². The van der Waals surface area contributed by atoms with Crippen LogP contribution in [-0.4, -0.2) is 13.6 Å². The maximum atomic E-state index is 5.77. The van der Waals surface area contributed by atoms with E-state index >= 15 is 0 Å². The van der Waals surface area contributed by atoms with Crippen LogP contribution in [-0.2, 0) is 6.54 Å². The highest BCUT2D eigenvalue weighted by Gasteiger charge is 2.09. The molecule has 1 aromatic rings. The highest BCUT2D eigenvalue weighted by molar-refractivity contribution is 9.10. The number of benzene rings is 1. The van der Waals surface area contributed by atoms with Gasteiger partial charge in [0, 0.05) is 30.3 Å². The molecular formula is C13H21BrN2. The van der Waals surface area contributed by atoms with Crippen LogP contribution in [0.4, 0.5) is 5.69 Å². The molecule has 0 amide bonds. The standard InChI is InChI=1S/C13H21BrN2/c1-4-10(2)9-16(3)13-6-5-12(14)7-11(13)8-15/h5-7,10H,4,8-9,15H2,1-3H3. The minimum atomic E-state index is 0.583. The van der Waals surface area contributed by atoms with E-state index in [1.807, 2.05) is 0 Å². The van der Waals surface area contributed by atoms with E-state index < -0.39 is 0 Å². The fourth-order valence-electron chi connectivity index (χ4n) is 1.78. The summed E-state index contributed by atoms with van der Waals surface area (Å²) in [4.78, 5) is 2.29. The third-order valence-corrected chi connectivity index (χ3v) is 3.45. The third kappa shape index (κ3) is 3.49. The molecule has 1 atom stereocenters. The van der Waals surface area contributed by atoms with E-state index in [0.717, 1.165) is 11.0 Å². The molecule has 1 unspecified atom stereocenters. The van der Waals surface area contributed by atoms with Crippen molar-refractivity contribution in [2.45, 2.75) is 26.8 Å².